The highest BCUT2D eigenvalue weighted by Crippen LogP contribution is 2.35. The Hall–Kier alpha value is -3.87. The zero-order valence-electron chi connectivity index (χ0n) is 18.8. The minimum absolute atomic E-state index is 0.0595. The molecule has 0 saturated heterocycles. The van der Waals surface area contributed by atoms with Crippen molar-refractivity contribution in [1.29, 1.82) is 0 Å². The molecule has 0 bridgehead atoms. The van der Waals surface area contributed by atoms with Crippen LogP contribution < -0.4 is 16.2 Å². The van der Waals surface area contributed by atoms with E-state index in [2.05, 4.69) is 20.6 Å². The van der Waals surface area contributed by atoms with Crippen molar-refractivity contribution in [3.63, 3.8) is 0 Å². The highest BCUT2D eigenvalue weighted by molar-refractivity contribution is 7.19. The van der Waals surface area contributed by atoms with E-state index >= 15 is 0 Å². The zero-order chi connectivity index (χ0) is 27.6. The second kappa shape index (κ2) is 10.9. The first-order valence-electron chi connectivity index (χ1n) is 10.6. The Morgan fingerprint density at radius 3 is 2.39 bits per heavy atom. The van der Waals surface area contributed by atoms with Crippen LogP contribution in [0.3, 0.4) is 0 Å². The summed E-state index contributed by atoms with van der Waals surface area (Å²) in [5, 5.41) is 14.2. The van der Waals surface area contributed by atoms with Crippen LogP contribution in [-0.2, 0) is 12.7 Å². The molecule has 8 nitrogen and oxygen atoms in total. The molecule has 2 aromatic heterocycles. The number of nitrogens with zero attached hydrogens (tertiary/aromatic N) is 1. The molecular weight excluding hydrogens is 568 g/mol. The molecule has 0 fully saturated rings. The molecule has 0 unspecified atom stereocenters. The molecule has 2 amide bonds. The van der Waals surface area contributed by atoms with Crippen LogP contribution in [-0.4, -0.2) is 26.9 Å². The monoisotopic (exact) mass is 582 g/mol. The normalized spacial score (nSPS) is 11.3. The van der Waals surface area contributed by atoms with Gasteiger partial charge in [0, 0.05) is 18.3 Å². The van der Waals surface area contributed by atoms with Gasteiger partial charge in [0.15, 0.2) is 11.4 Å². The third-order valence-electron chi connectivity index (χ3n) is 5.16. The molecule has 38 heavy (non-hydrogen) atoms. The lowest BCUT2D eigenvalue weighted by Crippen LogP contribution is -2.26. The van der Waals surface area contributed by atoms with Crippen LogP contribution in [0.5, 0.6) is 5.75 Å². The number of aromatic hydroxyl groups is 1. The predicted octanol–water partition coefficient (Wildman–Crippen LogP) is 5.71. The van der Waals surface area contributed by atoms with Crippen molar-refractivity contribution in [3.05, 3.63) is 97.5 Å². The molecule has 4 aromatic rings. The number of hydrogen-bond donors (Lipinski definition) is 4. The second-order valence-corrected chi connectivity index (χ2v) is 9.50. The Bertz CT molecular complexity index is 1580. The lowest BCUT2D eigenvalue weighted by Gasteiger charge is -2.13. The van der Waals surface area contributed by atoms with Crippen LogP contribution in [0.2, 0.25) is 10.0 Å². The number of halogens is 5. The molecule has 0 aliphatic carbocycles. The van der Waals surface area contributed by atoms with Crippen molar-refractivity contribution in [2.45, 2.75) is 12.7 Å². The van der Waals surface area contributed by atoms with E-state index in [1.54, 1.807) is 0 Å². The molecule has 0 aliphatic rings. The average Bonchev–Trinajstić information content (AvgIpc) is 3.28. The smallest absolute Gasteiger partial charge is 0.416 e. The van der Waals surface area contributed by atoms with Crippen LogP contribution in [0.1, 0.15) is 32.0 Å². The SMILES string of the molecule is O=C(Nc1sc(-c2ccc[nH]c2=O)nc1C(=O)NCc1ccccc1C(F)(F)F)c1cc(Cl)c(O)c(Cl)c1. The number of aromatic nitrogens is 2. The van der Waals surface area contributed by atoms with Crippen LogP contribution in [0, 0.1) is 0 Å². The zero-order valence-corrected chi connectivity index (χ0v) is 21.1. The van der Waals surface area contributed by atoms with Gasteiger partial charge in [-0.05, 0) is 35.9 Å². The van der Waals surface area contributed by atoms with Crippen molar-refractivity contribution in [1.82, 2.24) is 15.3 Å². The van der Waals surface area contributed by atoms with Gasteiger partial charge in [0.05, 0.1) is 21.2 Å². The molecule has 2 heterocycles. The molecule has 196 valence electrons. The number of nitrogens with one attached hydrogen (secondary N) is 3. The minimum atomic E-state index is -4.63. The number of thiazole rings is 1. The molecule has 0 atom stereocenters. The van der Waals surface area contributed by atoms with Crippen molar-refractivity contribution in [2.75, 3.05) is 5.32 Å². The maximum Gasteiger partial charge on any atom is 0.416 e. The van der Waals surface area contributed by atoms with E-state index in [4.69, 9.17) is 23.2 Å². The number of carbonyl (C=O) groups excluding carboxylic acids is 2. The number of benzene rings is 2. The largest absolute Gasteiger partial charge is 0.505 e. The number of aromatic amines is 1. The predicted molar refractivity (Wildman–Crippen MR) is 137 cm³/mol. The van der Waals surface area contributed by atoms with Crippen LogP contribution in [0.4, 0.5) is 18.2 Å². The minimum Gasteiger partial charge on any atom is -0.505 e. The van der Waals surface area contributed by atoms with Gasteiger partial charge < -0.3 is 20.7 Å². The Balaban J connectivity index is 1.67. The number of phenols is 1. The lowest BCUT2D eigenvalue weighted by atomic mass is 10.1. The van der Waals surface area contributed by atoms with Crippen molar-refractivity contribution >= 4 is 51.4 Å². The summed E-state index contributed by atoms with van der Waals surface area (Å²) in [6.07, 6.45) is -3.23. The number of hydrogen-bond acceptors (Lipinski definition) is 6. The molecule has 0 radical (unpaired) electrons. The fourth-order valence-corrected chi connectivity index (χ4v) is 4.81. The third kappa shape index (κ3) is 5.82. The molecule has 4 N–H and O–H groups in total. The van der Waals surface area contributed by atoms with Crippen molar-refractivity contribution in [2.24, 2.45) is 0 Å². The lowest BCUT2D eigenvalue weighted by molar-refractivity contribution is -0.138. The Kier molecular flexibility index (Phi) is 7.76. The topological polar surface area (TPSA) is 124 Å². The fourth-order valence-electron chi connectivity index (χ4n) is 3.35. The van der Waals surface area contributed by atoms with Gasteiger partial charge in [0.25, 0.3) is 17.4 Å². The van der Waals surface area contributed by atoms with E-state index in [0.717, 1.165) is 29.5 Å². The second-order valence-electron chi connectivity index (χ2n) is 7.69. The van der Waals surface area contributed by atoms with Crippen LogP contribution in [0.25, 0.3) is 10.6 Å². The van der Waals surface area contributed by atoms with Crippen LogP contribution in [0.15, 0.2) is 59.5 Å². The highest BCUT2D eigenvalue weighted by atomic mass is 35.5. The van der Waals surface area contributed by atoms with E-state index in [1.807, 2.05) is 0 Å². The van der Waals surface area contributed by atoms with E-state index < -0.39 is 41.4 Å². The summed E-state index contributed by atoms with van der Waals surface area (Å²) in [5.41, 5.74) is -1.89. The van der Waals surface area contributed by atoms with E-state index in [-0.39, 0.29) is 42.4 Å². The summed E-state index contributed by atoms with van der Waals surface area (Å²) in [6, 6.07) is 10.0. The van der Waals surface area contributed by atoms with Gasteiger partial charge >= 0.3 is 6.18 Å². The van der Waals surface area contributed by atoms with Crippen molar-refractivity contribution < 1.29 is 27.9 Å². The first-order chi connectivity index (χ1) is 18.0. The van der Waals surface area contributed by atoms with Crippen LogP contribution >= 0.6 is 34.5 Å². The summed E-state index contributed by atoms with van der Waals surface area (Å²) in [7, 11) is 0. The number of alkyl halides is 3. The summed E-state index contributed by atoms with van der Waals surface area (Å²) in [6.45, 7) is -0.482. The van der Waals surface area contributed by atoms with E-state index in [9.17, 15) is 32.7 Å². The maximum atomic E-state index is 13.3. The molecule has 0 aliphatic heterocycles. The quantitative estimate of drug-likeness (QED) is 0.232. The fraction of sp³-hybridized carbons (Fsp3) is 0.0833. The standard InChI is InChI=1S/C24H15Cl2F3N4O4S/c25-15-8-12(9-16(26)18(15)34)19(35)33-23-17(32-22(38-23)13-5-3-7-30-20(13)36)21(37)31-10-11-4-1-2-6-14(11)24(27,28)29/h1-9,34H,10H2,(H,30,36)(H,31,37)(H,33,35). The number of anilines is 1. The van der Waals surface area contributed by atoms with Gasteiger partial charge in [-0.2, -0.15) is 13.2 Å². The molecule has 0 spiro atoms. The Morgan fingerprint density at radius 2 is 1.74 bits per heavy atom. The van der Waals surface area contributed by atoms with E-state index in [1.165, 1.54) is 36.5 Å². The van der Waals surface area contributed by atoms with Gasteiger partial charge in [-0.3, -0.25) is 14.4 Å². The molecule has 14 heteroatoms. The Morgan fingerprint density at radius 1 is 1.05 bits per heavy atom. The van der Waals surface area contributed by atoms with E-state index in [0.29, 0.717) is 0 Å². The maximum absolute atomic E-state index is 13.3. The molecular formula is C24H15Cl2F3N4O4S. The van der Waals surface area contributed by atoms with Gasteiger partial charge in [0.1, 0.15) is 10.0 Å². The number of carbonyl (C=O) groups is 2. The number of phenolic OH excluding ortho intramolecular Hbond substituents is 1. The number of rotatable bonds is 6. The first kappa shape index (κ1) is 27.2. The van der Waals surface area contributed by atoms with Gasteiger partial charge in [-0.25, -0.2) is 4.98 Å². The number of amides is 2. The highest BCUT2D eigenvalue weighted by Gasteiger charge is 2.33. The van der Waals surface area contributed by atoms with Gasteiger partial charge in [-0.15, -0.1) is 0 Å². The molecule has 0 saturated carbocycles. The summed E-state index contributed by atoms with van der Waals surface area (Å²) in [4.78, 5) is 44.9. The summed E-state index contributed by atoms with van der Waals surface area (Å²) < 4.78 is 40.0. The number of H-pyrrole nitrogens is 1. The third-order valence-corrected chi connectivity index (χ3v) is 6.74. The number of pyridine rings is 1. The summed E-state index contributed by atoms with van der Waals surface area (Å²) in [5.74, 6) is -2.09. The molecule has 4 rings (SSSR count). The van der Waals surface area contributed by atoms with Gasteiger partial charge in [0.2, 0.25) is 0 Å². The Labute approximate surface area is 226 Å². The molecule has 2 aromatic carbocycles. The average molecular weight is 583 g/mol. The van der Waals surface area contributed by atoms with Crippen molar-refractivity contribution in [3.8, 4) is 16.3 Å². The summed E-state index contributed by atoms with van der Waals surface area (Å²) >= 11 is 12.6. The first-order valence-corrected chi connectivity index (χ1v) is 12.1. The van der Waals surface area contributed by atoms with Gasteiger partial charge in [-0.1, -0.05) is 52.7 Å².